The Balaban J connectivity index is 0.000000629. The standard InChI is InChI=1S/C23H29N5O4.2C2HF3O2/c1-7-16-18(21(29)31-6)17(26-19(16)22(30)32-23(3,4)5)12-24-15-10-8-14(9-11-15)20-25-13(2)27-28-20;2*3-2(4,5)1(6)7/h8-11,24,26H,7,12H2,1-6H3,(H,25,27,28);2*(H,6,7). The highest BCUT2D eigenvalue weighted by Gasteiger charge is 2.39. The summed E-state index contributed by atoms with van der Waals surface area (Å²) in [5.41, 5.74) is 2.87. The predicted molar refractivity (Wildman–Crippen MR) is 148 cm³/mol. The van der Waals surface area contributed by atoms with E-state index in [2.05, 4.69) is 25.5 Å². The molecule has 0 aliphatic carbocycles. The molecule has 19 heteroatoms. The van der Waals surface area contributed by atoms with Gasteiger partial charge >= 0.3 is 36.2 Å². The number of hydrogen-bond donors (Lipinski definition) is 5. The third-order valence-corrected chi connectivity index (χ3v) is 5.24. The summed E-state index contributed by atoms with van der Waals surface area (Å²) >= 11 is 0. The fraction of sp³-hybridized carbons (Fsp3) is 0.407. The van der Waals surface area contributed by atoms with E-state index in [0.29, 0.717) is 35.6 Å². The highest BCUT2D eigenvalue weighted by atomic mass is 19.4. The lowest BCUT2D eigenvalue weighted by Crippen LogP contribution is -2.24. The summed E-state index contributed by atoms with van der Waals surface area (Å²) in [7, 11) is 1.32. The van der Waals surface area contributed by atoms with Crippen molar-refractivity contribution in [3.63, 3.8) is 0 Å². The van der Waals surface area contributed by atoms with E-state index in [9.17, 15) is 35.9 Å². The zero-order chi connectivity index (χ0) is 35.6. The van der Waals surface area contributed by atoms with E-state index >= 15 is 0 Å². The molecule has 2 heterocycles. The first-order valence-corrected chi connectivity index (χ1v) is 12.9. The smallest absolute Gasteiger partial charge is 0.475 e. The van der Waals surface area contributed by atoms with Crippen LogP contribution in [0, 0.1) is 6.92 Å². The second kappa shape index (κ2) is 15.8. The van der Waals surface area contributed by atoms with E-state index in [0.717, 1.165) is 17.1 Å². The molecule has 0 aliphatic heterocycles. The van der Waals surface area contributed by atoms with E-state index in [4.69, 9.17) is 29.3 Å². The number of carboxylic acid groups (broad SMARTS) is 2. The Kier molecular flexibility index (Phi) is 13.3. The van der Waals surface area contributed by atoms with Crippen LogP contribution in [0.1, 0.15) is 65.6 Å². The number of esters is 2. The van der Waals surface area contributed by atoms with Crippen LogP contribution in [0.5, 0.6) is 0 Å². The molecule has 2 aromatic heterocycles. The van der Waals surface area contributed by atoms with Crippen LogP contribution in [-0.4, -0.2) is 79.3 Å². The fourth-order valence-corrected chi connectivity index (χ4v) is 3.35. The number of benzene rings is 1. The maximum atomic E-state index is 12.7. The van der Waals surface area contributed by atoms with Gasteiger partial charge in [-0.2, -0.15) is 26.3 Å². The highest BCUT2D eigenvalue weighted by Crippen LogP contribution is 2.25. The maximum absolute atomic E-state index is 12.7. The number of nitrogens with one attached hydrogen (secondary N) is 3. The second-order valence-corrected chi connectivity index (χ2v) is 9.97. The van der Waals surface area contributed by atoms with Crippen molar-refractivity contribution in [3.05, 3.63) is 52.6 Å². The number of carbonyl (C=O) groups excluding carboxylic acids is 2. The summed E-state index contributed by atoms with van der Waals surface area (Å²) in [6.45, 7) is 9.41. The number of halogens is 6. The summed E-state index contributed by atoms with van der Waals surface area (Å²) in [5, 5.41) is 25.6. The zero-order valence-electron chi connectivity index (χ0n) is 25.2. The van der Waals surface area contributed by atoms with Gasteiger partial charge in [-0.25, -0.2) is 19.2 Å². The third-order valence-electron chi connectivity index (χ3n) is 5.24. The SMILES string of the molecule is CCc1c(C(=O)OC(C)(C)C)[nH]c(CNc2ccc(-c3nnc(C)[nH]3)cc2)c1C(=O)OC.O=C(O)C(F)(F)F.O=C(O)C(F)(F)F. The number of aromatic amines is 2. The molecule has 0 radical (unpaired) electrons. The minimum absolute atomic E-state index is 0.274. The highest BCUT2D eigenvalue weighted by molar-refractivity contribution is 5.99. The monoisotopic (exact) mass is 667 g/mol. The van der Waals surface area contributed by atoms with Gasteiger partial charge in [0.1, 0.15) is 17.1 Å². The number of H-pyrrole nitrogens is 2. The molecule has 0 saturated heterocycles. The van der Waals surface area contributed by atoms with Crippen LogP contribution < -0.4 is 5.32 Å². The van der Waals surface area contributed by atoms with Gasteiger partial charge in [-0.3, -0.25) is 0 Å². The molecular formula is C27H31F6N5O8. The van der Waals surface area contributed by atoms with Gasteiger partial charge in [-0.15, -0.1) is 10.2 Å². The molecule has 0 fully saturated rings. The summed E-state index contributed by atoms with van der Waals surface area (Å²) in [4.78, 5) is 49.2. The van der Waals surface area contributed by atoms with Crippen LogP contribution in [0.4, 0.5) is 32.0 Å². The summed E-state index contributed by atoms with van der Waals surface area (Å²) < 4.78 is 74.0. The van der Waals surface area contributed by atoms with Gasteiger partial charge in [0.15, 0.2) is 5.82 Å². The van der Waals surface area contributed by atoms with E-state index in [-0.39, 0.29) is 5.69 Å². The number of aromatic nitrogens is 4. The van der Waals surface area contributed by atoms with Crippen molar-refractivity contribution in [3.8, 4) is 11.4 Å². The van der Waals surface area contributed by atoms with Gasteiger partial charge in [0.2, 0.25) is 0 Å². The molecule has 0 saturated carbocycles. The van der Waals surface area contributed by atoms with Crippen LogP contribution in [0.15, 0.2) is 24.3 Å². The van der Waals surface area contributed by atoms with Crippen molar-refractivity contribution in [1.82, 2.24) is 20.2 Å². The number of alkyl halides is 6. The first-order valence-electron chi connectivity index (χ1n) is 12.9. The third kappa shape index (κ3) is 12.1. The number of anilines is 1. The average Bonchev–Trinajstić information content (AvgIpc) is 3.54. The Morgan fingerprint density at radius 1 is 0.870 bits per heavy atom. The van der Waals surface area contributed by atoms with E-state index < -0.39 is 41.8 Å². The van der Waals surface area contributed by atoms with Crippen molar-refractivity contribution in [2.45, 2.75) is 65.5 Å². The number of nitrogens with zero attached hydrogens (tertiary/aromatic N) is 2. The normalized spacial score (nSPS) is 11.3. The molecule has 46 heavy (non-hydrogen) atoms. The van der Waals surface area contributed by atoms with Crippen LogP contribution >= 0.6 is 0 Å². The topological polar surface area (TPSA) is 197 Å². The average molecular weight is 668 g/mol. The molecule has 3 rings (SSSR count). The molecule has 1 aromatic carbocycles. The summed E-state index contributed by atoms with van der Waals surface area (Å²) in [5.74, 6) is -5.07. The largest absolute Gasteiger partial charge is 0.490 e. The second-order valence-electron chi connectivity index (χ2n) is 9.97. The van der Waals surface area contributed by atoms with Crippen LogP contribution in [0.2, 0.25) is 0 Å². The minimum Gasteiger partial charge on any atom is -0.475 e. The van der Waals surface area contributed by atoms with E-state index in [1.165, 1.54) is 7.11 Å². The fourth-order valence-electron chi connectivity index (χ4n) is 3.35. The summed E-state index contributed by atoms with van der Waals surface area (Å²) in [6, 6.07) is 7.65. The van der Waals surface area contributed by atoms with Crippen molar-refractivity contribution in [1.29, 1.82) is 0 Å². The van der Waals surface area contributed by atoms with E-state index in [1.807, 2.05) is 38.1 Å². The van der Waals surface area contributed by atoms with Crippen LogP contribution in [0.3, 0.4) is 0 Å². The van der Waals surface area contributed by atoms with Gasteiger partial charge in [0, 0.05) is 16.9 Å². The molecule has 13 nitrogen and oxygen atoms in total. The molecule has 0 aliphatic rings. The molecule has 3 aromatic rings. The molecule has 0 unspecified atom stereocenters. The number of carboxylic acids is 2. The van der Waals surface area contributed by atoms with Gasteiger partial charge in [-0.05, 0) is 63.9 Å². The van der Waals surface area contributed by atoms with Gasteiger partial charge in [-0.1, -0.05) is 6.92 Å². The molecule has 254 valence electrons. The number of rotatable bonds is 7. The number of aliphatic carboxylic acids is 2. The van der Waals surface area contributed by atoms with Crippen molar-refractivity contribution < 1.29 is 65.2 Å². The molecule has 0 atom stereocenters. The predicted octanol–water partition coefficient (Wildman–Crippen LogP) is 5.29. The lowest BCUT2D eigenvalue weighted by Gasteiger charge is -2.19. The van der Waals surface area contributed by atoms with Gasteiger partial charge in [0.05, 0.1) is 19.2 Å². The van der Waals surface area contributed by atoms with Crippen molar-refractivity contribution in [2.24, 2.45) is 0 Å². The number of aryl methyl sites for hydroxylation is 1. The quantitative estimate of drug-likeness (QED) is 0.162. The maximum Gasteiger partial charge on any atom is 0.490 e. The summed E-state index contributed by atoms with van der Waals surface area (Å²) in [6.07, 6.45) is -9.69. The first kappa shape index (κ1) is 38.9. The molecular weight excluding hydrogens is 636 g/mol. The lowest BCUT2D eigenvalue weighted by atomic mass is 10.1. The lowest BCUT2D eigenvalue weighted by molar-refractivity contribution is -0.193. The van der Waals surface area contributed by atoms with Crippen molar-refractivity contribution >= 4 is 29.6 Å². The number of methoxy groups -OCH3 is 1. The molecule has 0 spiro atoms. The number of hydrogen-bond acceptors (Lipinski definition) is 9. The Morgan fingerprint density at radius 3 is 1.74 bits per heavy atom. The molecule has 0 bridgehead atoms. The Bertz CT molecular complexity index is 1480. The van der Waals surface area contributed by atoms with Gasteiger partial charge < -0.3 is 35.0 Å². The van der Waals surface area contributed by atoms with E-state index in [1.54, 1.807) is 20.8 Å². The zero-order valence-corrected chi connectivity index (χ0v) is 25.2. The molecule has 0 amide bonds. The number of carbonyl (C=O) groups is 4. The minimum atomic E-state index is -5.08. The number of ether oxygens (including phenoxy) is 2. The Hall–Kier alpha value is -5.10. The molecule has 5 N–H and O–H groups in total. The Morgan fingerprint density at radius 2 is 1.37 bits per heavy atom. The first-order chi connectivity index (χ1) is 21.0. The Labute approximate surface area is 257 Å². The van der Waals surface area contributed by atoms with Crippen LogP contribution in [0.25, 0.3) is 11.4 Å². The van der Waals surface area contributed by atoms with Crippen molar-refractivity contribution in [2.75, 3.05) is 12.4 Å². The van der Waals surface area contributed by atoms with Gasteiger partial charge in [0.25, 0.3) is 0 Å². The van der Waals surface area contributed by atoms with Crippen LogP contribution in [-0.2, 0) is 32.0 Å².